The van der Waals surface area contributed by atoms with E-state index in [4.69, 9.17) is 11.6 Å². The van der Waals surface area contributed by atoms with E-state index in [2.05, 4.69) is 20.2 Å². The monoisotopic (exact) mass is 291 g/mol. The first kappa shape index (κ1) is 12.1. The third-order valence-electron chi connectivity index (χ3n) is 2.39. The molecular formula is C11H6ClN5OS. The molecule has 8 heteroatoms. The molecule has 0 radical (unpaired) electrons. The van der Waals surface area contributed by atoms with Crippen LogP contribution >= 0.6 is 23.4 Å². The van der Waals surface area contributed by atoms with E-state index >= 15 is 0 Å². The molecule has 0 bridgehead atoms. The van der Waals surface area contributed by atoms with E-state index in [9.17, 15) is 4.79 Å². The number of hydrogen-bond acceptors (Lipinski definition) is 6. The zero-order chi connectivity index (χ0) is 13.2. The van der Waals surface area contributed by atoms with Gasteiger partial charge < -0.3 is 0 Å². The van der Waals surface area contributed by atoms with Gasteiger partial charge in [0.2, 0.25) is 5.16 Å². The third kappa shape index (κ3) is 2.18. The Balaban J connectivity index is 2.06. The summed E-state index contributed by atoms with van der Waals surface area (Å²) < 4.78 is 1.80. The molecule has 94 valence electrons. The number of nitrogens with zero attached hydrogens (tertiary/aromatic N) is 5. The predicted octanol–water partition coefficient (Wildman–Crippen LogP) is 2.14. The molecule has 0 N–H and O–H groups in total. The van der Waals surface area contributed by atoms with Crippen molar-refractivity contribution in [3.05, 3.63) is 41.4 Å². The lowest BCUT2D eigenvalue weighted by molar-refractivity contribution is 0.112. The predicted molar refractivity (Wildman–Crippen MR) is 69.5 cm³/mol. The average Bonchev–Trinajstić information content (AvgIpc) is 2.83. The fourth-order valence-corrected chi connectivity index (χ4v) is 2.61. The van der Waals surface area contributed by atoms with Crippen molar-refractivity contribution in [2.24, 2.45) is 0 Å². The van der Waals surface area contributed by atoms with E-state index in [0.717, 1.165) is 5.65 Å². The summed E-state index contributed by atoms with van der Waals surface area (Å²) in [6.45, 7) is 0. The van der Waals surface area contributed by atoms with Crippen molar-refractivity contribution in [2.75, 3.05) is 0 Å². The van der Waals surface area contributed by atoms with Gasteiger partial charge in [-0.1, -0.05) is 17.7 Å². The fourth-order valence-electron chi connectivity index (χ4n) is 1.52. The van der Waals surface area contributed by atoms with Crippen LogP contribution in [0.25, 0.3) is 5.65 Å². The molecule has 0 aliphatic rings. The number of hydrogen-bond donors (Lipinski definition) is 0. The minimum absolute atomic E-state index is 0.126. The molecule has 0 saturated heterocycles. The second kappa shape index (κ2) is 4.94. The average molecular weight is 292 g/mol. The highest BCUT2D eigenvalue weighted by atomic mass is 35.5. The smallest absolute Gasteiger partial charge is 0.201 e. The maximum atomic E-state index is 11.0. The van der Waals surface area contributed by atoms with E-state index < -0.39 is 0 Å². The van der Waals surface area contributed by atoms with Crippen LogP contribution in [-0.2, 0) is 0 Å². The van der Waals surface area contributed by atoms with Crippen molar-refractivity contribution in [1.29, 1.82) is 0 Å². The van der Waals surface area contributed by atoms with Gasteiger partial charge in [-0.05, 0) is 23.9 Å². The van der Waals surface area contributed by atoms with E-state index in [-0.39, 0.29) is 10.7 Å². The van der Waals surface area contributed by atoms with Gasteiger partial charge in [0.25, 0.3) is 0 Å². The molecule has 3 heterocycles. The number of aromatic nitrogens is 5. The molecule has 6 nitrogen and oxygen atoms in total. The zero-order valence-corrected chi connectivity index (χ0v) is 11.0. The molecule has 0 spiro atoms. The number of rotatable bonds is 3. The Labute approximate surface area is 116 Å². The van der Waals surface area contributed by atoms with Crippen LogP contribution in [0.5, 0.6) is 0 Å². The normalized spacial score (nSPS) is 10.8. The van der Waals surface area contributed by atoms with Gasteiger partial charge in [-0.2, -0.15) is 0 Å². The van der Waals surface area contributed by atoms with Gasteiger partial charge in [-0.3, -0.25) is 9.20 Å². The first-order chi connectivity index (χ1) is 9.29. The summed E-state index contributed by atoms with van der Waals surface area (Å²) in [6, 6.07) is 5.58. The number of aldehydes is 1. The molecule has 3 aromatic heterocycles. The molecule has 19 heavy (non-hydrogen) atoms. The quantitative estimate of drug-likeness (QED) is 0.544. The minimum atomic E-state index is 0.126. The lowest BCUT2D eigenvalue weighted by Gasteiger charge is -2.02. The van der Waals surface area contributed by atoms with Gasteiger partial charge in [-0.25, -0.2) is 9.97 Å². The number of carbonyl (C=O) groups excluding carboxylic acids is 1. The van der Waals surface area contributed by atoms with Crippen molar-refractivity contribution < 1.29 is 4.79 Å². The highest BCUT2D eigenvalue weighted by Gasteiger charge is 2.14. The second-order valence-electron chi connectivity index (χ2n) is 3.51. The van der Waals surface area contributed by atoms with E-state index in [1.165, 1.54) is 18.1 Å². The Morgan fingerprint density at radius 3 is 3.00 bits per heavy atom. The summed E-state index contributed by atoms with van der Waals surface area (Å²) in [4.78, 5) is 18.8. The molecule has 0 unspecified atom stereocenters. The Bertz CT molecular complexity index is 760. The van der Waals surface area contributed by atoms with Crippen molar-refractivity contribution >= 4 is 35.3 Å². The lowest BCUT2D eigenvalue weighted by Crippen LogP contribution is -1.95. The van der Waals surface area contributed by atoms with Gasteiger partial charge in [0.15, 0.2) is 11.9 Å². The maximum Gasteiger partial charge on any atom is 0.201 e. The molecule has 3 aromatic rings. The van der Waals surface area contributed by atoms with Crippen molar-refractivity contribution in [1.82, 2.24) is 24.6 Å². The Hall–Kier alpha value is -1.99. The summed E-state index contributed by atoms with van der Waals surface area (Å²) in [5, 5.41) is 9.26. The van der Waals surface area contributed by atoms with Gasteiger partial charge in [0.05, 0.1) is 5.56 Å². The van der Waals surface area contributed by atoms with Crippen LogP contribution in [0, 0.1) is 0 Å². The van der Waals surface area contributed by atoms with Crippen molar-refractivity contribution in [2.45, 2.75) is 10.2 Å². The number of halogens is 1. The van der Waals surface area contributed by atoms with Crippen LogP contribution in [0.2, 0.25) is 5.15 Å². The molecule has 0 aromatic carbocycles. The highest BCUT2D eigenvalue weighted by Crippen LogP contribution is 2.29. The van der Waals surface area contributed by atoms with Crippen LogP contribution in [0.4, 0.5) is 0 Å². The Morgan fingerprint density at radius 1 is 1.26 bits per heavy atom. The number of pyridine rings is 1. The number of fused-ring (bicyclic) bond motifs is 1. The summed E-state index contributed by atoms with van der Waals surface area (Å²) in [6.07, 6.45) is 3.77. The molecule has 3 rings (SSSR count). The van der Waals surface area contributed by atoms with Crippen LogP contribution in [0.15, 0.2) is 40.9 Å². The molecule has 0 saturated carbocycles. The minimum Gasteiger partial charge on any atom is -0.298 e. The van der Waals surface area contributed by atoms with Crippen LogP contribution in [-0.4, -0.2) is 30.9 Å². The van der Waals surface area contributed by atoms with Crippen LogP contribution in [0.3, 0.4) is 0 Å². The SMILES string of the molecule is O=Cc1c(Cl)ncnc1Sc1nnc2ccccn12. The summed E-state index contributed by atoms with van der Waals surface area (Å²) in [5.74, 6) is 0. The zero-order valence-electron chi connectivity index (χ0n) is 9.39. The second-order valence-corrected chi connectivity index (χ2v) is 4.83. The summed E-state index contributed by atoms with van der Waals surface area (Å²) in [5.41, 5.74) is 0.972. The first-order valence-electron chi connectivity index (χ1n) is 5.23. The van der Waals surface area contributed by atoms with Gasteiger partial charge in [0, 0.05) is 6.20 Å². The van der Waals surface area contributed by atoms with Crippen LogP contribution in [0.1, 0.15) is 10.4 Å². The van der Waals surface area contributed by atoms with E-state index in [1.807, 2.05) is 24.4 Å². The van der Waals surface area contributed by atoms with Crippen molar-refractivity contribution in [3.8, 4) is 0 Å². The number of carbonyl (C=O) groups is 1. The summed E-state index contributed by atoms with van der Waals surface area (Å²) >= 11 is 7.06. The van der Waals surface area contributed by atoms with Crippen LogP contribution < -0.4 is 0 Å². The molecule has 0 aliphatic heterocycles. The highest BCUT2D eigenvalue weighted by molar-refractivity contribution is 7.99. The first-order valence-corrected chi connectivity index (χ1v) is 6.42. The Kier molecular flexibility index (Phi) is 3.14. The molecule has 0 atom stereocenters. The van der Waals surface area contributed by atoms with Gasteiger partial charge in [-0.15, -0.1) is 10.2 Å². The maximum absolute atomic E-state index is 11.0. The molecule has 0 aliphatic carbocycles. The van der Waals surface area contributed by atoms with E-state index in [0.29, 0.717) is 16.5 Å². The van der Waals surface area contributed by atoms with Gasteiger partial charge >= 0.3 is 0 Å². The third-order valence-corrected chi connectivity index (χ3v) is 3.67. The summed E-state index contributed by atoms with van der Waals surface area (Å²) in [7, 11) is 0. The Morgan fingerprint density at radius 2 is 2.16 bits per heavy atom. The van der Waals surface area contributed by atoms with Crippen molar-refractivity contribution in [3.63, 3.8) is 0 Å². The van der Waals surface area contributed by atoms with Gasteiger partial charge in [0.1, 0.15) is 16.5 Å². The molecule has 0 amide bonds. The standard InChI is InChI=1S/C11H6ClN5OS/c12-9-7(5-18)10(14-6-13-9)19-11-16-15-8-3-1-2-4-17(8)11/h1-6H. The molecular weight excluding hydrogens is 286 g/mol. The molecule has 0 fully saturated rings. The lowest BCUT2D eigenvalue weighted by atomic mass is 10.4. The van der Waals surface area contributed by atoms with E-state index in [1.54, 1.807) is 4.40 Å². The topological polar surface area (TPSA) is 73.0 Å². The largest absolute Gasteiger partial charge is 0.298 e. The fraction of sp³-hybridized carbons (Fsp3) is 0.